The highest BCUT2D eigenvalue weighted by molar-refractivity contribution is 6.31. The Morgan fingerprint density at radius 1 is 1.32 bits per heavy atom. The van der Waals surface area contributed by atoms with Gasteiger partial charge in [0.2, 0.25) is 5.91 Å². The lowest BCUT2D eigenvalue weighted by Gasteiger charge is -2.44. The van der Waals surface area contributed by atoms with Crippen LogP contribution < -0.4 is 10.6 Å². The summed E-state index contributed by atoms with van der Waals surface area (Å²) in [6, 6.07) is 6.10. The Balaban J connectivity index is 1.37. The third kappa shape index (κ3) is 3.52. The van der Waals surface area contributed by atoms with E-state index in [-0.39, 0.29) is 17.4 Å². The zero-order valence-electron chi connectivity index (χ0n) is 15.8. The van der Waals surface area contributed by atoms with Gasteiger partial charge in [-0.15, -0.1) is 0 Å². The number of piperidine rings is 1. The minimum absolute atomic E-state index is 0.0664. The van der Waals surface area contributed by atoms with Crippen molar-refractivity contribution in [1.29, 1.82) is 0 Å². The molecule has 1 saturated heterocycles. The first-order chi connectivity index (χ1) is 13.5. The van der Waals surface area contributed by atoms with E-state index >= 15 is 0 Å². The number of likely N-dealkylation sites (tertiary alicyclic amines) is 1. The number of benzene rings is 1. The van der Waals surface area contributed by atoms with Crippen molar-refractivity contribution in [2.75, 3.05) is 19.6 Å². The second-order valence-electron chi connectivity index (χ2n) is 7.52. The number of carbonyl (C=O) groups excluding carboxylic acids is 2. The molecule has 1 aromatic carbocycles. The molecule has 4 rings (SSSR count). The number of amides is 2. The van der Waals surface area contributed by atoms with Crippen LogP contribution in [0.1, 0.15) is 41.5 Å². The van der Waals surface area contributed by atoms with Crippen LogP contribution in [-0.4, -0.2) is 52.4 Å². The number of carbonyl (C=O) groups is 2. The maximum atomic E-state index is 12.8. The van der Waals surface area contributed by atoms with Crippen LogP contribution in [0, 0.1) is 0 Å². The molecule has 7 nitrogen and oxygen atoms in total. The van der Waals surface area contributed by atoms with Crippen LogP contribution in [-0.2, 0) is 16.8 Å². The highest BCUT2D eigenvalue weighted by Crippen LogP contribution is 2.35. The van der Waals surface area contributed by atoms with Gasteiger partial charge < -0.3 is 20.5 Å². The molecule has 0 bridgehead atoms. The molecule has 2 aliphatic rings. The molecule has 0 saturated carbocycles. The molecule has 2 aromatic rings. The monoisotopic (exact) mass is 401 g/mol. The first kappa shape index (κ1) is 19.0. The fourth-order valence-electron chi connectivity index (χ4n) is 4.20. The van der Waals surface area contributed by atoms with E-state index < -0.39 is 6.04 Å². The van der Waals surface area contributed by atoms with Gasteiger partial charge in [-0.3, -0.25) is 9.59 Å². The maximum absolute atomic E-state index is 12.8. The minimum Gasteiger partial charge on any atom is -0.348 e. The van der Waals surface area contributed by atoms with E-state index in [1.165, 1.54) is 5.69 Å². The predicted octanol–water partition coefficient (Wildman–Crippen LogP) is 1.84. The van der Waals surface area contributed by atoms with E-state index in [0.717, 1.165) is 31.5 Å². The van der Waals surface area contributed by atoms with Crippen molar-refractivity contribution in [2.45, 2.75) is 37.8 Å². The molecular formula is C20H24ClN5O2. The van der Waals surface area contributed by atoms with Crippen LogP contribution in [0.25, 0.3) is 0 Å². The van der Waals surface area contributed by atoms with Gasteiger partial charge in [-0.1, -0.05) is 17.7 Å². The number of fused-ring (bicyclic) bond motifs is 2. The Labute approximate surface area is 168 Å². The van der Waals surface area contributed by atoms with E-state index in [4.69, 9.17) is 11.6 Å². The number of aromatic nitrogens is 2. The average Bonchev–Trinajstić information content (AvgIpc) is 3.18. The fraction of sp³-hybridized carbons (Fsp3) is 0.450. The van der Waals surface area contributed by atoms with Crippen LogP contribution in [0.3, 0.4) is 0 Å². The van der Waals surface area contributed by atoms with Crippen LogP contribution in [0.4, 0.5) is 0 Å². The lowest BCUT2D eigenvalue weighted by atomic mass is 9.80. The molecule has 148 valence electrons. The van der Waals surface area contributed by atoms with Crippen LogP contribution in [0.15, 0.2) is 30.6 Å². The summed E-state index contributed by atoms with van der Waals surface area (Å²) in [5.41, 5.74) is 2.58. The smallest absolute Gasteiger partial charge is 0.251 e. The SMILES string of the molecule is C[C@@H](NC(=O)c1cccc(Cl)c1)C(=O)N1CCC2(CC1)NCCc1[nH]cnc12. The van der Waals surface area contributed by atoms with Crippen LogP contribution in [0.5, 0.6) is 0 Å². The molecule has 3 N–H and O–H groups in total. The summed E-state index contributed by atoms with van der Waals surface area (Å²) in [5.74, 6) is -0.366. The van der Waals surface area contributed by atoms with Gasteiger partial charge in [-0.05, 0) is 38.0 Å². The summed E-state index contributed by atoms with van der Waals surface area (Å²) in [7, 11) is 0. The number of H-pyrrole nitrogens is 1. The lowest BCUT2D eigenvalue weighted by molar-refractivity contribution is -0.134. The Kier molecular flexibility index (Phi) is 5.12. The van der Waals surface area contributed by atoms with Crippen molar-refractivity contribution in [2.24, 2.45) is 0 Å². The molecule has 28 heavy (non-hydrogen) atoms. The van der Waals surface area contributed by atoms with Crippen molar-refractivity contribution in [3.8, 4) is 0 Å². The second kappa shape index (κ2) is 7.56. The summed E-state index contributed by atoms with van der Waals surface area (Å²) in [5, 5.41) is 6.89. The maximum Gasteiger partial charge on any atom is 0.251 e. The summed E-state index contributed by atoms with van der Waals surface area (Å²) >= 11 is 5.94. The van der Waals surface area contributed by atoms with Crippen molar-refractivity contribution >= 4 is 23.4 Å². The lowest BCUT2D eigenvalue weighted by Crippen LogP contribution is -2.57. The van der Waals surface area contributed by atoms with Crippen molar-refractivity contribution in [3.05, 3.63) is 52.6 Å². The first-order valence-electron chi connectivity index (χ1n) is 9.61. The van der Waals surface area contributed by atoms with E-state index in [0.29, 0.717) is 23.7 Å². The van der Waals surface area contributed by atoms with Gasteiger partial charge in [0.05, 0.1) is 17.6 Å². The first-order valence-corrected chi connectivity index (χ1v) is 9.99. The number of halogens is 1. The average molecular weight is 402 g/mol. The molecule has 1 spiro atoms. The molecule has 2 aliphatic heterocycles. The van der Waals surface area contributed by atoms with Crippen molar-refractivity contribution < 1.29 is 9.59 Å². The third-order valence-corrected chi connectivity index (χ3v) is 5.98. The molecule has 1 atom stereocenters. The van der Waals surface area contributed by atoms with Gasteiger partial charge in [0.1, 0.15) is 6.04 Å². The standard InChI is InChI=1S/C20H24ClN5O2/c1-13(25-18(27)14-3-2-4-15(21)11-14)19(28)26-9-6-20(7-10-26)17-16(5-8-24-20)22-12-23-17/h2-4,11-13,24H,5-10H2,1H3,(H,22,23)(H,25,27)/t13-/m1/s1. The summed E-state index contributed by atoms with van der Waals surface area (Å²) in [4.78, 5) is 34.8. The van der Waals surface area contributed by atoms with Gasteiger partial charge in [-0.25, -0.2) is 4.98 Å². The quantitative estimate of drug-likeness (QED) is 0.732. The topological polar surface area (TPSA) is 90.1 Å². The number of hydrogen-bond donors (Lipinski definition) is 3. The van der Waals surface area contributed by atoms with Gasteiger partial charge in [0.15, 0.2) is 0 Å². The van der Waals surface area contributed by atoms with E-state index in [1.54, 1.807) is 37.5 Å². The van der Waals surface area contributed by atoms with Crippen LogP contribution >= 0.6 is 11.6 Å². The summed E-state index contributed by atoms with van der Waals surface area (Å²) in [6.07, 6.45) is 4.33. The molecule has 0 aliphatic carbocycles. The number of aromatic amines is 1. The molecule has 1 aromatic heterocycles. The molecule has 3 heterocycles. The number of imidazole rings is 1. The number of nitrogens with zero attached hydrogens (tertiary/aromatic N) is 2. The Morgan fingerprint density at radius 2 is 2.11 bits per heavy atom. The fourth-order valence-corrected chi connectivity index (χ4v) is 4.39. The third-order valence-electron chi connectivity index (χ3n) is 5.74. The largest absolute Gasteiger partial charge is 0.348 e. The van der Waals surface area contributed by atoms with Gasteiger partial charge in [0, 0.05) is 42.3 Å². The van der Waals surface area contributed by atoms with Crippen LogP contribution in [0.2, 0.25) is 5.02 Å². The Morgan fingerprint density at radius 3 is 2.86 bits per heavy atom. The van der Waals surface area contributed by atoms with E-state index in [9.17, 15) is 9.59 Å². The van der Waals surface area contributed by atoms with Gasteiger partial charge >= 0.3 is 0 Å². The molecule has 0 radical (unpaired) electrons. The molecule has 8 heteroatoms. The van der Waals surface area contributed by atoms with E-state index in [2.05, 4.69) is 20.6 Å². The highest BCUT2D eigenvalue weighted by atomic mass is 35.5. The Hall–Kier alpha value is -2.38. The van der Waals surface area contributed by atoms with Crippen molar-refractivity contribution in [3.63, 3.8) is 0 Å². The molecule has 1 fully saturated rings. The molecule has 0 unspecified atom stereocenters. The second-order valence-corrected chi connectivity index (χ2v) is 7.96. The zero-order valence-corrected chi connectivity index (χ0v) is 16.6. The number of hydrogen-bond acceptors (Lipinski definition) is 4. The minimum atomic E-state index is -0.596. The number of rotatable bonds is 3. The highest BCUT2D eigenvalue weighted by Gasteiger charge is 2.42. The van der Waals surface area contributed by atoms with Crippen molar-refractivity contribution in [1.82, 2.24) is 25.5 Å². The predicted molar refractivity (Wildman–Crippen MR) is 106 cm³/mol. The number of nitrogens with one attached hydrogen (secondary N) is 3. The van der Waals surface area contributed by atoms with Gasteiger partial charge in [0.25, 0.3) is 5.91 Å². The summed E-state index contributed by atoms with van der Waals surface area (Å²) < 4.78 is 0. The zero-order chi connectivity index (χ0) is 19.7. The molecular weight excluding hydrogens is 378 g/mol. The Bertz CT molecular complexity index is 888. The molecule has 2 amide bonds. The van der Waals surface area contributed by atoms with Gasteiger partial charge in [-0.2, -0.15) is 0 Å². The summed E-state index contributed by atoms with van der Waals surface area (Å²) in [6.45, 7) is 3.90. The van der Waals surface area contributed by atoms with E-state index in [1.807, 2.05) is 4.90 Å². The normalized spacial score (nSPS) is 19.1.